The van der Waals surface area contributed by atoms with Gasteiger partial charge in [-0.05, 0) is 30.7 Å². The number of benzene rings is 2. The standard InChI is InChI=1S/C21H16ClF2N3O4/c22-11-2-4-13(15(23)7-11)19(29)25-8-10-1-3-12-14(18(10)24)9-27(21(12)31)16-5-6-17(28)26-20(16)30/h1-4,7,16H,5-6,8-9H2,(H,25,29)(H,26,28,30). The minimum absolute atomic E-state index is 0.0948. The third-order valence-electron chi connectivity index (χ3n) is 5.34. The van der Waals surface area contributed by atoms with Gasteiger partial charge in [0.1, 0.15) is 17.7 Å². The number of halogens is 3. The molecule has 7 nitrogen and oxygen atoms in total. The monoisotopic (exact) mass is 447 g/mol. The largest absolute Gasteiger partial charge is 0.348 e. The molecule has 2 aliphatic rings. The number of hydrogen-bond donors (Lipinski definition) is 2. The van der Waals surface area contributed by atoms with Crippen LogP contribution >= 0.6 is 11.6 Å². The molecule has 0 aromatic heterocycles. The van der Waals surface area contributed by atoms with Crippen LogP contribution in [0.5, 0.6) is 0 Å². The zero-order chi connectivity index (χ0) is 22.3. The summed E-state index contributed by atoms with van der Waals surface area (Å²) in [4.78, 5) is 49.6. The highest BCUT2D eigenvalue weighted by Crippen LogP contribution is 2.30. The Bertz CT molecular complexity index is 1140. The molecule has 0 bridgehead atoms. The Kier molecular flexibility index (Phi) is 5.45. The first-order valence-electron chi connectivity index (χ1n) is 9.44. The number of hydrogen-bond acceptors (Lipinski definition) is 4. The number of nitrogens with one attached hydrogen (secondary N) is 2. The van der Waals surface area contributed by atoms with Crippen molar-refractivity contribution in [1.82, 2.24) is 15.5 Å². The van der Waals surface area contributed by atoms with E-state index >= 15 is 4.39 Å². The van der Waals surface area contributed by atoms with E-state index in [1.807, 2.05) is 0 Å². The fourth-order valence-corrected chi connectivity index (χ4v) is 3.89. The van der Waals surface area contributed by atoms with Crippen LogP contribution in [-0.4, -0.2) is 34.6 Å². The minimum Gasteiger partial charge on any atom is -0.348 e. The van der Waals surface area contributed by atoms with Crippen LogP contribution in [-0.2, 0) is 22.7 Å². The first-order valence-corrected chi connectivity index (χ1v) is 9.82. The van der Waals surface area contributed by atoms with E-state index < -0.39 is 41.3 Å². The summed E-state index contributed by atoms with van der Waals surface area (Å²) >= 11 is 5.67. The van der Waals surface area contributed by atoms with E-state index in [0.717, 1.165) is 6.07 Å². The molecule has 2 N–H and O–H groups in total. The number of fused-ring (bicyclic) bond motifs is 1. The van der Waals surface area contributed by atoms with Crippen molar-refractivity contribution in [3.63, 3.8) is 0 Å². The first-order chi connectivity index (χ1) is 14.8. The van der Waals surface area contributed by atoms with Gasteiger partial charge in [0.25, 0.3) is 11.8 Å². The van der Waals surface area contributed by atoms with Crippen molar-refractivity contribution in [2.45, 2.75) is 32.0 Å². The van der Waals surface area contributed by atoms with Gasteiger partial charge in [-0.3, -0.25) is 24.5 Å². The number of carbonyl (C=O) groups is 4. The second kappa shape index (κ2) is 8.07. The first kappa shape index (κ1) is 20.9. The lowest BCUT2D eigenvalue weighted by Gasteiger charge is -2.29. The van der Waals surface area contributed by atoms with Gasteiger partial charge in [0.2, 0.25) is 11.8 Å². The smallest absolute Gasteiger partial charge is 0.255 e. The SMILES string of the molecule is O=C1CCC(N2Cc3c(ccc(CNC(=O)c4ccc(Cl)cc4F)c3F)C2=O)C(=O)N1. The van der Waals surface area contributed by atoms with E-state index in [0.29, 0.717) is 0 Å². The predicted molar refractivity (Wildman–Crippen MR) is 105 cm³/mol. The van der Waals surface area contributed by atoms with Crippen LogP contribution in [0.4, 0.5) is 8.78 Å². The van der Waals surface area contributed by atoms with Crippen molar-refractivity contribution >= 4 is 35.2 Å². The summed E-state index contributed by atoms with van der Waals surface area (Å²) in [5, 5.41) is 4.77. The molecule has 10 heteroatoms. The summed E-state index contributed by atoms with van der Waals surface area (Å²) in [5.41, 5.74) is 0.115. The number of piperidine rings is 1. The molecule has 1 saturated heterocycles. The maximum absolute atomic E-state index is 15.1. The summed E-state index contributed by atoms with van der Waals surface area (Å²) < 4.78 is 28.9. The minimum atomic E-state index is -0.854. The molecule has 0 saturated carbocycles. The molecule has 2 aromatic rings. The van der Waals surface area contributed by atoms with Crippen molar-refractivity contribution in [2.24, 2.45) is 0 Å². The fraction of sp³-hybridized carbons (Fsp3) is 0.238. The maximum Gasteiger partial charge on any atom is 0.255 e. The molecule has 2 aliphatic heterocycles. The Morgan fingerprint density at radius 3 is 2.68 bits per heavy atom. The zero-order valence-corrected chi connectivity index (χ0v) is 16.8. The molecule has 1 unspecified atom stereocenters. The van der Waals surface area contributed by atoms with Crippen LogP contribution in [0.1, 0.15) is 44.7 Å². The molecule has 160 valence electrons. The average Bonchev–Trinajstić information content (AvgIpc) is 3.04. The van der Waals surface area contributed by atoms with E-state index in [9.17, 15) is 23.6 Å². The molecule has 1 fully saturated rings. The highest BCUT2D eigenvalue weighted by Gasteiger charge is 2.40. The lowest BCUT2D eigenvalue weighted by molar-refractivity contribution is -0.136. The molecular weight excluding hydrogens is 432 g/mol. The van der Waals surface area contributed by atoms with E-state index in [4.69, 9.17) is 11.6 Å². The van der Waals surface area contributed by atoms with Crippen molar-refractivity contribution in [3.8, 4) is 0 Å². The van der Waals surface area contributed by atoms with Crippen LogP contribution in [0, 0.1) is 11.6 Å². The second-order valence-electron chi connectivity index (χ2n) is 7.27. The van der Waals surface area contributed by atoms with Crippen LogP contribution in [0.25, 0.3) is 0 Å². The van der Waals surface area contributed by atoms with Gasteiger partial charge in [-0.2, -0.15) is 0 Å². The van der Waals surface area contributed by atoms with Crippen LogP contribution < -0.4 is 10.6 Å². The predicted octanol–water partition coefficient (Wildman–Crippen LogP) is 2.31. The van der Waals surface area contributed by atoms with E-state index in [-0.39, 0.29) is 53.2 Å². The number of carbonyl (C=O) groups excluding carboxylic acids is 4. The Morgan fingerprint density at radius 2 is 1.97 bits per heavy atom. The van der Waals surface area contributed by atoms with Crippen molar-refractivity contribution in [2.75, 3.05) is 0 Å². The number of nitrogens with zero attached hydrogens (tertiary/aromatic N) is 1. The highest BCUT2D eigenvalue weighted by atomic mass is 35.5. The van der Waals surface area contributed by atoms with Crippen molar-refractivity contribution in [1.29, 1.82) is 0 Å². The van der Waals surface area contributed by atoms with Crippen LogP contribution in [0.2, 0.25) is 5.02 Å². The zero-order valence-electron chi connectivity index (χ0n) is 16.0. The van der Waals surface area contributed by atoms with Gasteiger partial charge in [-0.25, -0.2) is 8.78 Å². The van der Waals surface area contributed by atoms with Crippen molar-refractivity contribution < 1.29 is 28.0 Å². The van der Waals surface area contributed by atoms with Gasteiger partial charge in [-0.15, -0.1) is 0 Å². The van der Waals surface area contributed by atoms with Gasteiger partial charge in [0.05, 0.1) is 12.1 Å². The third-order valence-corrected chi connectivity index (χ3v) is 5.58. The number of amides is 4. The van der Waals surface area contributed by atoms with Crippen molar-refractivity contribution in [3.05, 3.63) is 69.2 Å². The molecule has 0 aliphatic carbocycles. The fourth-order valence-electron chi connectivity index (χ4n) is 3.73. The number of imide groups is 1. The summed E-state index contributed by atoms with van der Waals surface area (Å²) in [5.74, 6) is -3.72. The Balaban J connectivity index is 1.50. The summed E-state index contributed by atoms with van der Waals surface area (Å²) in [6.07, 6.45) is 0.263. The quantitative estimate of drug-likeness (QED) is 0.703. The molecule has 2 aromatic carbocycles. The van der Waals surface area contributed by atoms with E-state index in [1.165, 1.54) is 29.2 Å². The Labute approximate surface area is 180 Å². The van der Waals surface area contributed by atoms with Gasteiger partial charge in [-0.1, -0.05) is 17.7 Å². The Morgan fingerprint density at radius 1 is 1.19 bits per heavy atom. The second-order valence-corrected chi connectivity index (χ2v) is 7.71. The van der Waals surface area contributed by atoms with Gasteiger partial charge in [0.15, 0.2) is 0 Å². The lowest BCUT2D eigenvalue weighted by Crippen LogP contribution is -2.52. The number of rotatable bonds is 4. The molecule has 31 heavy (non-hydrogen) atoms. The van der Waals surface area contributed by atoms with Gasteiger partial charge >= 0.3 is 0 Å². The Hall–Kier alpha value is -3.33. The third kappa shape index (κ3) is 3.88. The normalized spacial score (nSPS) is 18.1. The van der Waals surface area contributed by atoms with E-state index in [2.05, 4.69) is 10.6 Å². The van der Waals surface area contributed by atoms with E-state index in [1.54, 1.807) is 0 Å². The molecule has 4 amide bonds. The summed E-state index contributed by atoms with van der Waals surface area (Å²) in [6, 6.07) is 5.53. The highest BCUT2D eigenvalue weighted by molar-refractivity contribution is 6.30. The molecule has 0 spiro atoms. The molecule has 1 atom stereocenters. The lowest BCUT2D eigenvalue weighted by atomic mass is 10.0. The average molecular weight is 448 g/mol. The van der Waals surface area contributed by atoms with Gasteiger partial charge in [0, 0.05) is 34.7 Å². The summed E-state index contributed by atoms with van der Waals surface area (Å²) in [7, 11) is 0. The molecule has 0 radical (unpaired) electrons. The summed E-state index contributed by atoms with van der Waals surface area (Å²) in [6.45, 7) is -0.355. The molecular formula is C21H16ClF2N3O4. The van der Waals surface area contributed by atoms with Crippen LogP contribution in [0.3, 0.4) is 0 Å². The van der Waals surface area contributed by atoms with Crippen LogP contribution in [0.15, 0.2) is 30.3 Å². The maximum atomic E-state index is 15.1. The topological polar surface area (TPSA) is 95.6 Å². The molecule has 2 heterocycles. The van der Waals surface area contributed by atoms with Gasteiger partial charge < -0.3 is 10.2 Å². The molecule has 4 rings (SSSR count).